The molecule has 0 amide bonds. The minimum Gasteiger partial charge on any atom is -0.497 e. The molecule has 0 saturated carbocycles. The molecule has 0 bridgehead atoms. The normalized spacial score (nSPS) is 12.0. The zero-order valence-electron chi connectivity index (χ0n) is 11.8. The first kappa shape index (κ1) is 14.7. The van der Waals surface area contributed by atoms with Gasteiger partial charge in [0.15, 0.2) is 0 Å². The van der Waals surface area contributed by atoms with E-state index in [4.69, 9.17) is 21.1 Å². The molecular weight excluding hydrogens is 274 g/mol. The van der Waals surface area contributed by atoms with E-state index >= 15 is 0 Å². The zero-order chi connectivity index (χ0) is 14.5. The zero-order valence-corrected chi connectivity index (χ0v) is 12.6. The fourth-order valence-electron chi connectivity index (χ4n) is 2.21. The summed E-state index contributed by atoms with van der Waals surface area (Å²) in [7, 11) is 5.19. The number of nitrogens with one attached hydrogen (secondary N) is 1. The topological polar surface area (TPSA) is 30.5 Å². The Morgan fingerprint density at radius 3 is 2.10 bits per heavy atom. The minimum absolute atomic E-state index is 0.0206. The Labute approximate surface area is 124 Å². The third-order valence-electron chi connectivity index (χ3n) is 3.21. The van der Waals surface area contributed by atoms with Crippen molar-refractivity contribution in [3.8, 4) is 11.5 Å². The number of rotatable bonds is 5. The van der Waals surface area contributed by atoms with Crippen LogP contribution in [0.1, 0.15) is 17.2 Å². The third kappa shape index (κ3) is 3.06. The third-order valence-corrected chi connectivity index (χ3v) is 3.56. The van der Waals surface area contributed by atoms with Crippen molar-refractivity contribution in [2.45, 2.75) is 6.04 Å². The average molecular weight is 292 g/mol. The maximum Gasteiger partial charge on any atom is 0.122 e. The van der Waals surface area contributed by atoms with Gasteiger partial charge >= 0.3 is 0 Å². The molecule has 2 aromatic rings. The lowest BCUT2D eigenvalue weighted by Gasteiger charge is -2.20. The maximum absolute atomic E-state index is 6.29. The van der Waals surface area contributed by atoms with Crippen LogP contribution in [0.15, 0.2) is 42.5 Å². The standard InChI is InChI=1S/C16H18ClNO2/c1-18-16(14-6-4-5-7-15(14)17)11-8-12(19-2)10-13(9-11)20-3/h4-10,16,18H,1-3H3. The molecule has 1 atom stereocenters. The van der Waals surface area contributed by atoms with Crippen molar-refractivity contribution < 1.29 is 9.47 Å². The SMILES string of the molecule is CNC(c1cc(OC)cc(OC)c1)c1ccccc1Cl. The van der Waals surface area contributed by atoms with Crippen LogP contribution < -0.4 is 14.8 Å². The summed E-state index contributed by atoms with van der Waals surface area (Å²) >= 11 is 6.29. The molecule has 0 aliphatic carbocycles. The lowest BCUT2D eigenvalue weighted by molar-refractivity contribution is 0.392. The summed E-state index contributed by atoms with van der Waals surface area (Å²) in [6, 6.07) is 13.6. The summed E-state index contributed by atoms with van der Waals surface area (Å²) in [5.74, 6) is 1.51. The van der Waals surface area contributed by atoms with E-state index in [2.05, 4.69) is 5.32 Å². The Hall–Kier alpha value is -1.71. The number of methoxy groups -OCH3 is 2. The van der Waals surface area contributed by atoms with Gasteiger partial charge in [-0.2, -0.15) is 0 Å². The van der Waals surface area contributed by atoms with Crippen LogP contribution in [0.4, 0.5) is 0 Å². The van der Waals surface area contributed by atoms with Gasteiger partial charge in [-0.1, -0.05) is 29.8 Å². The van der Waals surface area contributed by atoms with Crippen LogP contribution >= 0.6 is 11.6 Å². The Kier molecular flexibility index (Phi) is 4.88. The molecule has 4 heteroatoms. The molecule has 2 rings (SSSR count). The Balaban J connectivity index is 2.49. The molecule has 20 heavy (non-hydrogen) atoms. The highest BCUT2D eigenvalue weighted by Crippen LogP contribution is 2.32. The number of ether oxygens (including phenoxy) is 2. The lowest BCUT2D eigenvalue weighted by atomic mass is 9.98. The molecular formula is C16H18ClNO2. The summed E-state index contributed by atoms with van der Waals surface area (Å²) in [4.78, 5) is 0. The largest absolute Gasteiger partial charge is 0.497 e. The van der Waals surface area contributed by atoms with E-state index in [0.717, 1.165) is 27.6 Å². The van der Waals surface area contributed by atoms with Crippen LogP contribution in [0.2, 0.25) is 5.02 Å². The number of hydrogen-bond acceptors (Lipinski definition) is 3. The molecule has 0 aliphatic rings. The van der Waals surface area contributed by atoms with Gasteiger partial charge in [0.2, 0.25) is 0 Å². The fourth-order valence-corrected chi connectivity index (χ4v) is 2.45. The van der Waals surface area contributed by atoms with Gasteiger partial charge in [-0.05, 0) is 36.4 Å². The molecule has 0 saturated heterocycles. The van der Waals surface area contributed by atoms with E-state index in [1.807, 2.05) is 49.5 Å². The van der Waals surface area contributed by atoms with Crippen molar-refractivity contribution in [3.05, 3.63) is 58.6 Å². The quantitative estimate of drug-likeness (QED) is 0.912. The number of halogens is 1. The number of benzene rings is 2. The molecule has 0 radical (unpaired) electrons. The summed E-state index contributed by atoms with van der Waals surface area (Å²) < 4.78 is 10.6. The summed E-state index contributed by atoms with van der Waals surface area (Å²) in [5, 5.41) is 4.01. The highest BCUT2D eigenvalue weighted by atomic mass is 35.5. The molecule has 0 fully saturated rings. The van der Waals surface area contributed by atoms with Gasteiger partial charge in [0.25, 0.3) is 0 Å². The Morgan fingerprint density at radius 2 is 1.60 bits per heavy atom. The first-order valence-corrected chi connectivity index (χ1v) is 6.72. The van der Waals surface area contributed by atoms with Crippen LogP contribution in [-0.4, -0.2) is 21.3 Å². The molecule has 3 nitrogen and oxygen atoms in total. The summed E-state index contributed by atoms with van der Waals surface area (Å²) in [5.41, 5.74) is 2.06. The Bertz CT molecular complexity index is 564. The smallest absolute Gasteiger partial charge is 0.122 e. The maximum atomic E-state index is 6.29. The number of hydrogen-bond donors (Lipinski definition) is 1. The second-order valence-electron chi connectivity index (χ2n) is 4.39. The first-order valence-electron chi connectivity index (χ1n) is 6.34. The minimum atomic E-state index is -0.0206. The van der Waals surface area contributed by atoms with Gasteiger partial charge in [0.1, 0.15) is 11.5 Å². The summed E-state index contributed by atoms with van der Waals surface area (Å²) in [6.45, 7) is 0. The predicted molar refractivity (Wildman–Crippen MR) is 81.9 cm³/mol. The molecule has 0 aliphatic heterocycles. The van der Waals surface area contributed by atoms with Crippen LogP contribution in [0, 0.1) is 0 Å². The molecule has 0 spiro atoms. The monoisotopic (exact) mass is 291 g/mol. The predicted octanol–water partition coefficient (Wildman–Crippen LogP) is 3.67. The molecule has 0 heterocycles. The highest BCUT2D eigenvalue weighted by Gasteiger charge is 2.16. The van der Waals surface area contributed by atoms with Gasteiger partial charge in [-0.25, -0.2) is 0 Å². The van der Waals surface area contributed by atoms with Crippen LogP contribution in [-0.2, 0) is 0 Å². The van der Waals surface area contributed by atoms with Crippen molar-refractivity contribution >= 4 is 11.6 Å². The first-order chi connectivity index (χ1) is 9.69. The van der Waals surface area contributed by atoms with E-state index in [9.17, 15) is 0 Å². The van der Waals surface area contributed by atoms with Crippen LogP contribution in [0.25, 0.3) is 0 Å². The summed E-state index contributed by atoms with van der Waals surface area (Å²) in [6.07, 6.45) is 0. The van der Waals surface area contributed by atoms with E-state index in [-0.39, 0.29) is 6.04 Å². The van der Waals surface area contributed by atoms with E-state index < -0.39 is 0 Å². The fraction of sp³-hybridized carbons (Fsp3) is 0.250. The average Bonchev–Trinajstić information content (AvgIpc) is 2.49. The van der Waals surface area contributed by atoms with E-state index in [1.165, 1.54) is 0 Å². The molecule has 106 valence electrons. The van der Waals surface area contributed by atoms with Crippen molar-refractivity contribution in [2.75, 3.05) is 21.3 Å². The van der Waals surface area contributed by atoms with Crippen molar-refractivity contribution in [1.82, 2.24) is 5.32 Å². The van der Waals surface area contributed by atoms with Gasteiger partial charge in [-0.3, -0.25) is 0 Å². The van der Waals surface area contributed by atoms with Gasteiger partial charge in [0, 0.05) is 11.1 Å². The van der Waals surface area contributed by atoms with Gasteiger partial charge < -0.3 is 14.8 Å². The van der Waals surface area contributed by atoms with Crippen LogP contribution in [0.3, 0.4) is 0 Å². The molecule has 0 aromatic heterocycles. The lowest BCUT2D eigenvalue weighted by Crippen LogP contribution is -2.18. The van der Waals surface area contributed by atoms with Crippen LogP contribution in [0.5, 0.6) is 11.5 Å². The highest BCUT2D eigenvalue weighted by molar-refractivity contribution is 6.31. The van der Waals surface area contributed by atoms with Gasteiger partial charge in [-0.15, -0.1) is 0 Å². The van der Waals surface area contributed by atoms with E-state index in [0.29, 0.717) is 0 Å². The molecule has 2 aromatic carbocycles. The van der Waals surface area contributed by atoms with Gasteiger partial charge in [0.05, 0.1) is 20.3 Å². The molecule has 1 unspecified atom stereocenters. The van der Waals surface area contributed by atoms with E-state index in [1.54, 1.807) is 14.2 Å². The van der Waals surface area contributed by atoms with Crippen molar-refractivity contribution in [2.24, 2.45) is 0 Å². The van der Waals surface area contributed by atoms with Crippen molar-refractivity contribution in [1.29, 1.82) is 0 Å². The van der Waals surface area contributed by atoms with Crippen molar-refractivity contribution in [3.63, 3.8) is 0 Å². The molecule has 1 N–H and O–H groups in total. The second kappa shape index (κ2) is 6.64. The second-order valence-corrected chi connectivity index (χ2v) is 4.80. The Morgan fingerprint density at radius 1 is 1.00 bits per heavy atom.